The summed E-state index contributed by atoms with van der Waals surface area (Å²) in [6.45, 7) is 0.210. The molecule has 0 unspecified atom stereocenters. The molecule has 1 aliphatic rings. The molecule has 7 nitrogen and oxygen atoms in total. The van der Waals surface area contributed by atoms with Gasteiger partial charge in [-0.3, -0.25) is 4.40 Å². The normalized spacial score (nSPS) is 12.4. The lowest BCUT2D eigenvalue weighted by atomic mass is 10.1. The predicted octanol–water partition coefficient (Wildman–Crippen LogP) is 2.84. The summed E-state index contributed by atoms with van der Waals surface area (Å²) in [6, 6.07) is 4.85. The van der Waals surface area contributed by atoms with Gasteiger partial charge < -0.3 is 14.8 Å². The zero-order valence-corrected chi connectivity index (χ0v) is 13.7. The average molecular weight is 390 g/mol. The molecule has 1 N–H and O–H groups in total. The van der Waals surface area contributed by atoms with E-state index in [1.807, 2.05) is 6.07 Å². The van der Waals surface area contributed by atoms with Gasteiger partial charge in [-0.1, -0.05) is 0 Å². The van der Waals surface area contributed by atoms with Crippen molar-refractivity contribution < 1.29 is 13.9 Å². The number of nitrogens with zero attached hydrogens (tertiary/aromatic N) is 4. The minimum atomic E-state index is -0.400. The highest BCUT2D eigenvalue weighted by molar-refractivity contribution is 9.10. The highest BCUT2D eigenvalue weighted by Crippen LogP contribution is 2.37. The van der Waals surface area contributed by atoms with Gasteiger partial charge >= 0.3 is 0 Å². The smallest absolute Gasteiger partial charge is 0.231 e. The molecule has 2 aromatic heterocycles. The third kappa shape index (κ3) is 2.32. The van der Waals surface area contributed by atoms with Crippen molar-refractivity contribution in [3.8, 4) is 17.6 Å². The van der Waals surface area contributed by atoms with Gasteiger partial charge in [-0.05, 0) is 28.1 Å². The Bertz CT molecular complexity index is 998. The Hall–Kier alpha value is -2.86. The molecular formula is C15H9BrFN5O2. The van der Waals surface area contributed by atoms with Crippen LogP contribution in [0, 0.1) is 17.1 Å². The maximum atomic E-state index is 14.1. The lowest BCUT2D eigenvalue weighted by Crippen LogP contribution is -2.08. The van der Waals surface area contributed by atoms with Gasteiger partial charge in [0.15, 0.2) is 22.8 Å². The van der Waals surface area contributed by atoms with E-state index in [9.17, 15) is 4.39 Å². The number of halogens is 2. The first kappa shape index (κ1) is 14.7. The van der Waals surface area contributed by atoms with Crippen LogP contribution in [-0.4, -0.2) is 21.2 Å². The van der Waals surface area contributed by atoms with Gasteiger partial charge in [-0.25, -0.2) is 14.4 Å². The van der Waals surface area contributed by atoms with Crippen molar-refractivity contribution in [2.45, 2.75) is 6.54 Å². The summed E-state index contributed by atoms with van der Waals surface area (Å²) in [6.07, 6.45) is 3.12. The molecule has 0 fully saturated rings. The van der Waals surface area contributed by atoms with Crippen molar-refractivity contribution in [2.24, 2.45) is 0 Å². The zero-order chi connectivity index (χ0) is 16.7. The second kappa shape index (κ2) is 5.65. The number of hydrogen-bond acceptors (Lipinski definition) is 6. The Morgan fingerprint density at radius 2 is 2.29 bits per heavy atom. The Labute approximate surface area is 143 Å². The number of nitrogens with one attached hydrogen (secondary N) is 1. The first-order valence-electron chi connectivity index (χ1n) is 6.92. The summed E-state index contributed by atoms with van der Waals surface area (Å²) in [4.78, 5) is 8.43. The minimum Gasteiger partial charge on any atom is -0.454 e. The van der Waals surface area contributed by atoms with Gasteiger partial charge in [-0.2, -0.15) is 5.26 Å². The van der Waals surface area contributed by atoms with Crippen LogP contribution in [0.3, 0.4) is 0 Å². The number of rotatable bonds is 3. The average Bonchev–Trinajstić information content (AvgIpc) is 3.22. The van der Waals surface area contributed by atoms with Crippen LogP contribution in [0.1, 0.15) is 11.3 Å². The fourth-order valence-electron chi connectivity index (χ4n) is 2.47. The molecule has 0 spiro atoms. The molecule has 3 aromatic rings. The Morgan fingerprint density at radius 1 is 1.42 bits per heavy atom. The summed E-state index contributed by atoms with van der Waals surface area (Å²) in [5.74, 6) is 0.928. The van der Waals surface area contributed by atoms with E-state index in [2.05, 4.69) is 31.2 Å². The molecule has 0 atom stereocenters. The van der Waals surface area contributed by atoms with Crippen LogP contribution in [0.15, 0.2) is 29.0 Å². The second-order valence-electron chi connectivity index (χ2n) is 4.97. The molecule has 9 heteroatoms. The van der Waals surface area contributed by atoms with Gasteiger partial charge in [0, 0.05) is 12.7 Å². The number of aromatic nitrogens is 3. The minimum absolute atomic E-state index is 0.0691. The molecule has 0 saturated heterocycles. The molecule has 4 rings (SSSR count). The lowest BCUT2D eigenvalue weighted by molar-refractivity contribution is 0.173. The van der Waals surface area contributed by atoms with Gasteiger partial charge in [-0.15, -0.1) is 0 Å². The largest absolute Gasteiger partial charge is 0.454 e. The van der Waals surface area contributed by atoms with Crippen molar-refractivity contribution in [3.05, 3.63) is 46.1 Å². The molecule has 24 heavy (non-hydrogen) atoms. The molecule has 0 amide bonds. The Kier molecular flexibility index (Phi) is 3.46. The fraction of sp³-hybridized carbons (Fsp3) is 0.133. The van der Waals surface area contributed by atoms with E-state index >= 15 is 0 Å². The van der Waals surface area contributed by atoms with E-state index in [0.29, 0.717) is 33.1 Å². The molecule has 0 radical (unpaired) electrons. The van der Waals surface area contributed by atoms with E-state index in [-0.39, 0.29) is 19.0 Å². The van der Waals surface area contributed by atoms with Gasteiger partial charge in [0.1, 0.15) is 11.9 Å². The van der Waals surface area contributed by atoms with E-state index in [4.69, 9.17) is 14.7 Å². The molecule has 3 heterocycles. The molecule has 1 aliphatic heterocycles. The van der Waals surface area contributed by atoms with E-state index in [1.165, 1.54) is 12.1 Å². The van der Waals surface area contributed by atoms with Crippen LogP contribution >= 0.6 is 15.9 Å². The standard InChI is InChI=1S/C15H9BrFN5O2/c16-10-5-20-15(22-6-8(3-18)21-14(10)22)19-4-9-11(17)1-2-12-13(9)24-7-23-12/h1-2,5-6H,4,7H2,(H,19,20). The number of fused-ring (bicyclic) bond motifs is 2. The quantitative estimate of drug-likeness (QED) is 0.741. The maximum absolute atomic E-state index is 14.1. The third-order valence-corrected chi connectivity index (χ3v) is 4.13. The number of ether oxygens (including phenoxy) is 2. The van der Waals surface area contributed by atoms with Crippen LogP contribution in [0.2, 0.25) is 0 Å². The summed E-state index contributed by atoms with van der Waals surface area (Å²) in [5.41, 5.74) is 1.15. The maximum Gasteiger partial charge on any atom is 0.231 e. The highest BCUT2D eigenvalue weighted by Gasteiger charge is 2.21. The number of benzene rings is 1. The predicted molar refractivity (Wildman–Crippen MR) is 85.3 cm³/mol. The van der Waals surface area contributed by atoms with Crippen LogP contribution in [0.5, 0.6) is 11.5 Å². The van der Waals surface area contributed by atoms with Crippen molar-refractivity contribution in [2.75, 3.05) is 12.1 Å². The Balaban J connectivity index is 1.69. The zero-order valence-electron chi connectivity index (χ0n) is 12.1. The molecule has 1 aromatic carbocycles. The SMILES string of the molecule is N#Cc1cn2c(NCc3c(F)ccc4c3OCO4)ncc(Br)c2n1. The van der Waals surface area contributed by atoms with Crippen LogP contribution < -0.4 is 14.8 Å². The molecule has 0 aliphatic carbocycles. The number of nitriles is 1. The van der Waals surface area contributed by atoms with Gasteiger partial charge in [0.2, 0.25) is 12.7 Å². The van der Waals surface area contributed by atoms with E-state index in [0.717, 1.165) is 0 Å². The monoisotopic (exact) mass is 389 g/mol. The molecule has 0 saturated carbocycles. The number of imidazole rings is 1. The first-order chi connectivity index (χ1) is 11.7. The highest BCUT2D eigenvalue weighted by atomic mass is 79.9. The number of anilines is 1. The molecule has 0 bridgehead atoms. The van der Waals surface area contributed by atoms with Gasteiger partial charge in [0.25, 0.3) is 0 Å². The van der Waals surface area contributed by atoms with Crippen LogP contribution in [-0.2, 0) is 6.54 Å². The first-order valence-corrected chi connectivity index (χ1v) is 7.71. The summed E-state index contributed by atoms with van der Waals surface area (Å²) < 4.78 is 27.0. The van der Waals surface area contributed by atoms with Crippen molar-refractivity contribution in [1.82, 2.24) is 14.4 Å². The fourth-order valence-corrected chi connectivity index (χ4v) is 2.85. The van der Waals surface area contributed by atoms with Gasteiger partial charge in [0.05, 0.1) is 16.2 Å². The van der Waals surface area contributed by atoms with E-state index in [1.54, 1.807) is 16.8 Å². The van der Waals surface area contributed by atoms with Crippen molar-refractivity contribution >= 4 is 27.5 Å². The summed E-state index contributed by atoms with van der Waals surface area (Å²) in [7, 11) is 0. The second-order valence-corrected chi connectivity index (χ2v) is 5.83. The van der Waals surface area contributed by atoms with Crippen LogP contribution in [0.25, 0.3) is 5.65 Å². The van der Waals surface area contributed by atoms with Crippen molar-refractivity contribution in [3.63, 3.8) is 0 Å². The third-order valence-electron chi connectivity index (χ3n) is 3.57. The molecule has 120 valence electrons. The summed E-state index contributed by atoms with van der Waals surface area (Å²) in [5, 5.41) is 12.1. The van der Waals surface area contributed by atoms with E-state index < -0.39 is 5.82 Å². The number of hydrogen-bond donors (Lipinski definition) is 1. The Morgan fingerprint density at radius 3 is 3.12 bits per heavy atom. The topological polar surface area (TPSA) is 84.5 Å². The van der Waals surface area contributed by atoms with Crippen LogP contribution in [0.4, 0.5) is 10.3 Å². The summed E-state index contributed by atoms with van der Waals surface area (Å²) >= 11 is 3.34. The lowest BCUT2D eigenvalue weighted by Gasteiger charge is -2.11. The van der Waals surface area contributed by atoms with Crippen molar-refractivity contribution in [1.29, 1.82) is 5.26 Å². The molecular weight excluding hydrogens is 381 g/mol.